The second kappa shape index (κ2) is 7.58. The maximum absolute atomic E-state index is 12.3. The average molecular weight is 379 g/mol. The van der Waals surface area contributed by atoms with Crippen molar-refractivity contribution in [2.75, 3.05) is 17.8 Å². The first kappa shape index (κ1) is 17.9. The van der Waals surface area contributed by atoms with Crippen molar-refractivity contribution in [2.45, 2.75) is 36.8 Å². The highest BCUT2D eigenvalue weighted by Gasteiger charge is 2.18. The van der Waals surface area contributed by atoms with Crippen LogP contribution < -0.4 is 4.72 Å². The molecule has 0 radical (unpaired) electrons. The van der Waals surface area contributed by atoms with Gasteiger partial charge >= 0.3 is 0 Å². The van der Waals surface area contributed by atoms with Gasteiger partial charge in [-0.2, -0.15) is 0 Å². The fraction of sp³-hybridized carbons (Fsp3) is 0.389. The van der Waals surface area contributed by atoms with Gasteiger partial charge < -0.3 is 4.90 Å². The minimum Gasteiger partial charge on any atom is -0.343 e. The molecular weight excluding hydrogens is 356 g/mol. The minimum atomic E-state index is -3.53. The van der Waals surface area contributed by atoms with Crippen LogP contribution in [0.1, 0.15) is 29.7 Å². The number of benzene rings is 1. The molecule has 2 heterocycles. The summed E-state index contributed by atoms with van der Waals surface area (Å²) in [5.74, 6) is 0.204. The average Bonchev–Trinajstić information content (AvgIpc) is 3.25. The zero-order chi connectivity index (χ0) is 17.9. The van der Waals surface area contributed by atoms with Crippen LogP contribution in [0.3, 0.4) is 0 Å². The maximum atomic E-state index is 12.3. The van der Waals surface area contributed by atoms with E-state index < -0.39 is 10.0 Å². The van der Waals surface area contributed by atoms with Crippen molar-refractivity contribution in [1.82, 2.24) is 4.90 Å². The number of nitrogens with zero attached hydrogens (tertiary/aromatic N) is 1. The summed E-state index contributed by atoms with van der Waals surface area (Å²) in [4.78, 5) is 14.9. The number of carbonyl (C=O) groups is 1. The molecule has 5 nitrogen and oxygen atoms in total. The van der Waals surface area contributed by atoms with Gasteiger partial charge in [0.25, 0.3) is 10.0 Å². The molecular formula is C18H22N2O3S2. The predicted octanol–water partition coefficient (Wildman–Crippen LogP) is 3.41. The van der Waals surface area contributed by atoms with E-state index in [2.05, 4.69) is 4.72 Å². The molecule has 1 aromatic carbocycles. The molecule has 0 unspecified atom stereocenters. The number of sulfonamides is 1. The first-order valence-corrected chi connectivity index (χ1v) is 10.7. The number of rotatable bonds is 6. The Kier molecular flexibility index (Phi) is 5.44. The summed E-state index contributed by atoms with van der Waals surface area (Å²) in [7, 11) is -3.53. The molecule has 3 rings (SSSR count). The maximum Gasteiger partial charge on any atom is 0.271 e. The van der Waals surface area contributed by atoms with Gasteiger partial charge in [-0.05, 0) is 56.0 Å². The number of hydrogen-bond donors (Lipinski definition) is 1. The third kappa shape index (κ3) is 4.61. The van der Waals surface area contributed by atoms with Crippen molar-refractivity contribution in [2.24, 2.45) is 0 Å². The van der Waals surface area contributed by atoms with Gasteiger partial charge in [0.2, 0.25) is 5.91 Å². The fourth-order valence-electron chi connectivity index (χ4n) is 2.88. The Balaban J connectivity index is 1.57. The molecule has 0 atom stereocenters. The highest BCUT2D eigenvalue weighted by atomic mass is 32.2. The first-order chi connectivity index (χ1) is 11.9. The molecule has 134 valence electrons. The molecule has 7 heteroatoms. The van der Waals surface area contributed by atoms with Crippen LogP contribution in [0.4, 0.5) is 5.69 Å². The molecule has 1 aromatic heterocycles. The third-order valence-corrected chi connectivity index (χ3v) is 7.15. The number of carbonyl (C=O) groups excluding carboxylic acids is 1. The van der Waals surface area contributed by atoms with Crippen LogP contribution in [0, 0.1) is 6.92 Å². The molecule has 1 aliphatic rings. The molecule has 1 N–H and O–H groups in total. The van der Waals surface area contributed by atoms with Crippen LogP contribution in [-0.2, 0) is 21.2 Å². The van der Waals surface area contributed by atoms with Crippen molar-refractivity contribution < 1.29 is 13.2 Å². The minimum absolute atomic E-state index is 0.204. The van der Waals surface area contributed by atoms with E-state index in [1.54, 1.807) is 24.3 Å². The lowest BCUT2D eigenvalue weighted by Gasteiger charge is -2.15. The van der Waals surface area contributed by atoms with Crippen molar-refractivity contribution in [3.8, 4) is 0 Å². The quantitative estimate of drug-likeness (QED) is 0.838. The summed E-state index contributed by atoms with van der Waals surface area (Å²) in [5.41, 5.74) is 1.56. The van der Waals surface area contributed by atoms with Gasteiger partial charge in [0, 0.05) is 30.1 Å². The Hall–Kier alpha value is -1.86. The molecule has 25 heavy (non-hydrogen) atoms. The van der Waals surface area contributed by atoms with Gasteiger partial charge in [-0.3, -0.25) is 9.52 Å². The van der Waals surface area contributed by atoms with E-state index in [-0.39, 0.29) is 5.91 Å². The monoisotopic (exact) mass is 378 g/mol. The molecule has 0 bridgehead atoms. The van der Waals surface area contributed by atoms with Gasteiger partial charge in [-0.15, -0.1) is 11.3 Å². The standard InChI is InChI=1S/C18H22N2O3S2/c1-14-4-11-18(24-14)25(22,23)19-16-8-5-15(6-9-16)7-10-17(21)20-12-2-3-13-20/h4-6,8-9,11,19H,2-3,7,10,12-13H2,1H3. The number of amides is 1. The van der Waals surface area contributed by atoms with E-state index in [4.69, 9.17) is 0 Å². The first-order valence-electron chi connectivity index (χ1n) is 8.40. The van der Waals surface area contributed by atoms with Crippen molar-refractivity contribution in [3.05, 3.63) is 46.8 Å². The van der Waals surface area contributed by atoms with E-state index in [1.807, 2.05) is 24.0 Å². The molecule has 1 saturated heterocycles. The second-order valence-electron chi connectivity index (χ2n) is 6.26. The lowest BCUT2D eigenvalue weighted by atomic mass is 10.1. The van der Waals surface area contributed by atoms with E-state index >= 15 is 0 Å². The van der Waals surface area contributed by atoms with Crippen LogP contribution in [0.5, 0.6) is 0 Å². The zero-order valence-electron chi connectivity index (χ0n) is 14.2. The zero-order valence-corrected chi connectivity index (χ0v) is 15.8. The van der Waals surface area contributed by atoms with Crippen molar-refractivity contribution in [3.63, 3.8) is 0 Å². The van der Waals surface area contributed by atoms with Gasteiger partial charge in [0.1, 0.15) is 4.21 Å². The largest absolute Gasteiger partial charge is 0.343 e. The lowest BCUT2D eigenvalue weighted by Crippen LogP contribution is -2.27. The van der Waals surface area contributed by atoms with Gasteiger partial charge in [0.15, 0.2) is 0 Å². The number of likely N-dealkylation sites (tertiary alicyclic amines) is 1. The Morgan fingerprint density at radius 2 is 1.80 bits per heavy atom. The van der Waals surface area contributed by atoms with E-state index in [9.17, 15) is 13.2 Å². The Bertz CT molecular complexity index is 835. The summed E-state index contributed by atoms with van der Waals surface area (Å²) in [6.07, 6.45) is 3.38. The summed E-state index contributed by atoms with van der Waals surface area (Å²) in [5, 5.41) is 0. The van der Waals surface area contributed by atoms with Crippen LogP contribution in [-0.4, -0.2) is 32.3 Å². The SMILES string of the molecule is Cc1ccc(S(=O)(=O)Nc2ccc(CCC(=O)N3CCCC3)cc2)s1. The molecule has 0 spiro atoms. The number of anilines is 1. The van der Waals surface area contributed by atoms with E-state index in [1.165, 1.54) is 11.3 Å². The lowest BCUT2D eigenvalue weighted by molar-refractivity contribution is -0.130. The molecule has 0 aliphatic carbocycles. The number of thiophene rings is 1. The molecule has 1 amide bonds. The summed E-state index contributed by atoms with van der Waals surface area (Å²) in [6.45, 7) is 3.63. The van der Waals surface area contributed by atoms with Gasteiger partial charge in [0.05, 0.1) is 0 Å². The predicted molar refractivity (Wildman–Crippen MR) is 100 cm³/mol. The fourth-order valence-corrected chi connectivity index (χ4v) is 5.22. The normalized spacial score (nSPS) is 14.7. The smallest absolute Gasteiger partial charge is 0.271 e. The third-order valence-electron chi connectivity index (χ3n) is 4.27. The molecule has 2 aromatic rings. The van der Waals surface area contributed by atoms with Crippen LogP contribution >= 0.6 is 11.3 Å². The van der Waals surface area contributed by atoms with Crippen LogP contribution in [0.25, 0.3) is 0 Å². The molecule has 1 fully saturated rings. The van der Waals surface area contributed by atoms with Crippen LogP contribution in [0.2, 0.25) is 0 Å². The molecule has 0 saturated carbocycles. The van der Waals surface area contributed by atoms with E-state index in [0.717, 1.165) is 36.4 Å². The second-order valence-corrected chi connectivity index (χ2v) is 9.45. The summed E-state index contributed by atoms with van der Waals surface area (Å²) >= 11 is 1.25. The van der Waals surface area contributed by atoms with Gasteiger partial charge in [-0.1, -0.05) is 12.1 Å². The topological polar surface area (TPSA) is 66.5 Å². The Morgan fingerprint density at radius 3 is 2.40 bits per heavy atom. The van der Waals surface area contributed by atoms with Crippen LogP contribution in [0.15, 0.2) is 40.6 Å². The summed E-state index contributed by atoms with van der Waals surface area (Å²) in [6, 6.07) is 10.6. The Labute approximate surface area is 152 Å². The van der Waals surface area contributed by atoms with Crippen molar-refractivity contribution >= 4 is 33.0 Å². The molecule has 1 aliphatic heterocycles. The number of nitrogens with one attached hydrogen (secondary N) is 1. The van der Waals surface area contributed by atoms with E-state index in [0.29, 0.717) is 22.7 Å². The van der Waals surface area contributed by atoms with Crippen molar-refractivity contribution in [1.29, 1.82) is 0 Å². The van der Waals surface area contributed by atoms with Gasteiger partial charge in [-0.25, -0.2) is 8.42 Å². The highest BCUT2D eigenvalue weighted by molar-refractivity contribution is 7.94. The number of hydrogen-bond acceptors (Lipinski definition) is 4. The Morgan fingerprint density at radius 1 is 1.12 bits per heavy atom. The summed E-state index contributed by atoms with van der Waals surface area (Å²) < 4.78 is 27.5. The highest BCUT2D eigenvalue weighted by Crippen LogP contribution is 2.23. The number of aryl methyl sites for hydroxylation is 2.